The average molecular weight is 404 g/mol. The van der Waals surface area contributed by atoms with Gasteiger partial charge in [0.25, 0.3) is 0 Å². The maximum Gasteiger partial charge on any atom is 0.307 e. The van der Waals surface area contributed by atoms with Crippen molar-refractivity contribution >= 4 is 28.3 Å². The summed E-state index contributed by atoms with van der Waals surface area (Å²) >= 11 is 1.34. The second-order valence-electron chi connectivity index (χ2n) is 6.96. The van der Waals surface area contributed by atoms with E-state index in [4.69, 9.17) is 0 Å². The summed E-state index contributed by atoms with van der Waals surface area (Å²) in [6.45, 7) is 0. The van der Waals surface area contributed by atoms with Crippen molar-refractivity contribution in [3.63, 3.8) is 0 Å². The Morgan fingerprint density at radius 2 is 1.52 bits per heavy atom. The first kappa shape index (κ1) is 19.1. The molecule has 2 atom stereocenters. The molecule has 0 saturated carbocycles. The van der Waals surface area contributed by atoms with Crippen molar-refractivity contribution in [2.45, 2.75) is 12.8 Å². The zero-order valence-corrected chi connectivity index (χ0v) is 16.4. The Hall–Kier alpha value is -3.25. The van der Waals surface area contributed by atoms with E-state index in [2.05, 4.69) is 22.4 Å². The van der Waals surface area contributed by atoms with Gasteiger partial charge in [-0.25, -0.2) is 4.98 Å². The quantitative estimate of drug-likeness (QED) is 0.581. The Kier molecular flexibility index (Phi) is 5.53. The van der Waals surface area contributed by atoms with E-state index in [9.17, 15) is 14.7 Å². The van der Waals surface area contributed by atoms with Crippen molar-refractivity contribution in [2.75, 3.05) is 5.32 Å². The third-order valence-corrected chi connectivity index (χ3v) is 5.87. The van der Waals surface area contributed by atoms with E-state index < -0.39 is 17.8 Å². The standard InChI is InChI=1S/C23H20N2O3S/c26-21(18-8-4-5-9-19(18)22(27)28)25-23-24-20(14-29-23)17-12-10-16(11-13-17)15-6-2-1-3-7-15/h1-7,10-14,18-19H,8-9H2,(H,27,28)(H,24,25,26). The molecule has 2 unspecified atom stereocenters. The van der Waals surface area contributed by atoms with Crippen LogP contribution in [0.1, 0.15) is 12.8 Å². The zero-order valence-electron chi connectivity index (χ0n) is 15.6. The number of carbonyl (C=O) groups is 2. The molecular weight excluding hydrogens is 384 g/mol. The molecule has 1 amide bonds. The van der Waals surface area contributed by atoms with Crippen LogP contribution in [-0.2, 0) is 9.59 Å². The predicted octanol–water partition coefficient (Wildman–Crippen LogP) is 5.08. The number of hydrogen-bond donors (Lipinski definition) is 2. The highest BCUT2D eigenvalue weighted by Gasteiger charge is 2.34. The molecule has 3 aromatic rings. The van der Waals surface area contributed by atoms with Gasteiger partial charge in [0.15, 0.2) is 5.13 Å². The zero-order chi connectivity index (χ0) is 20.2. The van der Waals surface area contributed by atoms with Crippen LogP contribution in [0.15, 0.2) is 72.1 Å². The molecule has 0 fully saturated rings. The predicted molar refractivity (Wildman–Crippen MR) is 115 cm³/mol. The minimum absolute atomic E-state index is 0.290. The molecule has 0 radical (unpaired) electrons. The number of nitrogens with zero attached hydrogens (tertiary/aromatic N) is 1. The number of thiazole rings is 1. The van der Waals surface area contributed by atoms with E-state index in [1.807, 2.05) is 60.0 Å². The summed E-state index contributed by atoms with van der Waals surface area (Å²) in [5.74, 6) is -2.49. The molecule has 2 aromatic carbocycles. The number of hydrogen-bond acceptors (Lipinski definition) is 4. The SMILES string of the molecule is O=C(O)C1CC=CCC1C(=O)Nc1nc(-c2ccc(-c3ccccc3)cc2)cs1. The number of carboxylic acid groups (broad SMARTS) is 1. The molecule has 0 spiro atoms. The van der Waals surface area contributed by atoms with Crippen molar-refractivity contribution in [2.24, 2.45) is 11.8 Å². The second-order valence-corrected chi connectivity index (χ2v) is 7.82. The molecular formula is C23H20N2O3S. The number of carbonyl (C=O) groups excluding carboxylic acids is 1. The number of rotatable bonds is 5. The number of carboxylic acids is 1. The van der Waals surface area contributed by atoms with Gasteiger partial charge in [0.2, 0.25) is 5.91 Å². The molecule has 6 heteroatoms. The maximum atomic E-state index is 12.6. The number of amides is 1. The molecule has 29 heavy (non-hydrogen) atoms. The van der Waals surface area contributed by atoms with Crippen molar-refractivity contribution in [1.29, 1.82) is 0 Å². The lowest BCUT2D eigenvalue weighted by atomic mass is 9.82. The molecule has 0 bridgehead atoms. The molecule has 1 aliphatic carbocycles. The van der Waals surface area contributed by atoms with Crippen LogP contribution in [0.5, 0.6) is 0 Å². The third-order valence-electron chi connectivity index (χ3n) is 5.11. The van der Waals surface area contributed by atoms with Crippen molar-refractivity contribution in [3.8, 4) is 22.4 Å². The first-order valence-electron chi connectivity index (χ1n) is 9.42. The van der Waals surface area contributed by atoms with Crippen molar-refractivity contribution in [3.05, 3.63) is 72.1 Å². The molecule has 1 aliphatic rings. The molecule has 2 N–H and O–H groups in total. The fourth-order valence-electron chi connectivity index (χ4n) is 3.50. The summed E-state index contributed by atoms with van der Waals surface area (Å²) in [4.78, 5) is 28.5. The summed E-state index contributed by atoms with van der Waals surface area (Å²) in [6, 6.07) is 18.3. The number of aromatic nitrogens is 1. The first-order chi connectivity index (χ1) is 14.1. The third kappa shape index (κ3) is 4.27. The van der Waals surface area contributed by atoms with Crippen molar-refractivity contribution < 1.29 is 14.7 Å². The average Bonchev–Trinajstić information content (AvgIpc) is 3.23. The lowest BCUT2D eigenvalue weighted by Crippen LogP contribution is -2.34. The summed E-state index contributed by atoms with van der Waals surface area (Å²) in [7, 11) is 0. The summed E-state index contributed by atoms with van der Waals surface area (Å²) in [6.07, 6.45) is 4.50. The largest absolute Gasteiger partial charge is 0.481 e. The number of nitrogens with one attached hydrogen (secondary N) is 1. The molecule has 5 nitrogen and oxygen atoms in total. The number of anilines is 1. The van der Waals surface area contributed by atoms with Gasteiger partial charge < -0.3 is 10.4 Å². The summed E-state index contributed by atoms with van der Waals surface area (Å²) in [5, 5.41) is 14.5. The van der Waals surface area contributed by atoms with Crippen LogP contribution in [-0.4, -0.2) is 22.0 Å². The smallest absolute Gasteiger partial charge is 0.307 e. The highest BCUT2D eigenvalue weighted by atomic mass is 32.1. The normalized spacial score (nSPS) is 18.3. The second kappa shape index (κ2) is 8.41. The lowest BCUT2D eigenvalue weighted by molar-refractivity contribution is -0.146. The molecule has 146 valence electrons. The minimum Gasteiger partial charge on any atom is -0.481 e. The van der Waals surface area contributed by atoms with E-state index >= 15 is 0 Å². The van der Waals surface area contributed by atoms with E-state index in [-0.39, 0.29) is 5.91 Å². The van der Waals surface area contributed by atoms with Crippen LogP contribution in [0.4, 0.5) is 5.13 Å². The van der Waals surface area contributed by atoms with Gasteiger partial charge in [-0.2, -0.15) is 0 Å². The topological polar surface area (TPSA) is 79.3 Å². The fraction of sp³-hybridized carbons (Fsp3) is 0.174. The van der Waals surface area contributed by atoms with Gasteiger partial charge >= 0.3 is 5.97 Å². The lowest BCUT2D eigenvalue weighted by Gasteiger charge is -2.23. The number of allylic oxidation sites excluding steroid dienone is 2. The van der Waals surface area contributed by atoms with Gasteiger partial charge in [-0.05, 0) is 24.0 Å². The van der Waals surface area contributed by atoms with Gasteiger partial charge in [-0.1, -0.05) is 66.7 Å². The van der Waals surface area contributed by atoms with Gasteiger partial charge in [-0.15, -0.1) is 11.3 Å². The highest BCUT2D eigenvalue weighted by Crippen LogP contribution is 2.30. The maximum absolute atomic E-state index is 12.6. The van der Waals surface area contributed by atoms with Crippen LogP contribution in [0.2, 0.25) is 0 Å². The van der Waals surface area contributed by atoms with Gasteiger partial charge in [0.05, 0.1) is 17.5 Å². The summed E-state index contributed by atoms with van der Waals surface area (Å²) < 4.78 is 0. The van der Waals surface area contributed by atoms with Gasteiger partial charge in [-0.3, -0.25) is 9.59 Å². The number of aliphatic carboxylic acids is 1. The van der Waals surface area contributed by atoms with Gasteiger partial charge in [0.1, 0.15) is 0 Å². The Labute approximate surface area is 172 Å². The van der Waals surface area contributed by atoms with E-state index in [1.165, 1.54) is 11.3 Å². The molecule has 1 aromatic heterocycles. The monoisotopic (exact) mass is 404 g/mol. The fourth-order valence-corrected chi connectivity index (χ4v) is 4.23. The van der Waals surface area contributed by atoms with Crippen LogP contribution >= 0.6 is 11.3 Å². The molecule has 0 saturated heterocycles. The van der Waals surface area contributed by atoms with E-state index in [0.717, 1.165) is 22.4 Å². The Bertz CT molecular complexity index is 1040. The number of benzene rings is 2. The molecule has 1 heterocycles. The van der Waals surface area contributed by atoms with Crippen LogP contribution in [0, 0.1) is 11.8 Å². The van der Waals surface area contributed by atoms with Crippen molar-refractivity contribution in [1.82, 2.24) is 4.98 Å². The van der Waals surface area contributed by atoms with Crippen LogP contribution in [0.25, 0.3) is 22.4 Å². The Balaban J connectivity index is 1.46. The van der Waals surface area contributed by atoms with Gasteiger partial charge in [0, 0.05) is 10.9 Å². The minimum atomic E-state index is -0.937. The summed E-state index contributed by atoms with van der Waals surface area (Å²) in [5.41, 5.74) is 4.02. The van der Waals surface area contributed by atoms with Crippen LogP contribution < -0.4 is 5.32 Å². The van der Waals surface area contributed by atoms with Crippen LogP contribution in [0.3, 0.4) is 0 Å². The molecule has 4 rings (SSSR count). The Morgan fingerprint density at radius 1 is 0.897 bits per heavy atom. The highest BCUT2D eigenvalue weighted by molar-refractivity contribution is 7.14. The molecule has 0 aliphatic heterocycles. The first-order valence-corrected chi connectivity index (χ1v) is 10.3. The van der Waals surface area contributed by atoms with E-state index in [1.54, 1.807) is 0 Å². The van der Waals surface area contributed by atoms with E-state index in [0.29, 0.717) is 18.0 Å². The Morgan fingerprint density at radius 3 is 2.21 bits per heavy atom.